The first-order chi connectivity index (χ1) is 23.0. The molecule has 47 heavy (non-hydrogen) atoms. The number of thioether (sulfide) groups is 1. The number of amides is 1. The number of carbonyl (C=O) groups excluding carboxylic acids is 2. The van der Waals surface area contributed by atoms with E-state index in [0.29, 0.717) is 58.3 Å². The van der Waals surface area contributed by atoms with Crippen LogP contribution in [0.25, 0.3) is 5.76 Å². The van der Waals surface area contributed by atoms with Crippen LogP contribution in [-0.2, 0) is 21.9 Å². The van der Waals surface area contributed by atoms with E-state index in [4.69, 9.17) is 14.2 Å². The number of hydrogen-bond donors (Lipinski definition) is 1. The fourth-order valence-corrected chi connectivity index (χ4v) is 7.17. The lowest BCUT2D eigenvalue weighted by Crippen LogP contribution is -2.29. The van der Waals surface area contributed by atoms with Crippen molar-refractivity contribution in [2.45, 2.75) is 22.7 Å². The number of carbonyl (C=O) groups is 2. The predicted molar refractivity (Wildman–Crippen MR) is 175 cm³/mol. The summed E-state index contributed by atoms with van der Waals surface area (Å²) in [5, 5.41) is 20.3. The predicted octanol–water partition coefficient (Wildman–Crippen LogP) is 6.95. The average molecular weight is 668 g/mol. The molecule has 0 saturated carbocycles. The molecule has 1 amide bonds. The summed E-state index contributed by atoms with van der Waals surface area (Å²) in [5.41, 5.74) is 2.15. The van der Waals surface area contributed by atoms with Gasteiger partial charge in [-0.25, -0.2) is 4.39 Å². The fourth-order valence-electron chi connectivity index (χ4n) is 5.32. The number of fused-ring (bicyclic) bond motifs is 1. The Hall–Kier alpha value is -5.20. The van der Waals surface area contributed by atoms with Gasteiger partial charge in [-0.2, -0.15) is 0 Å². The third-order valence-electron chi connectivity index (χ3n) is 7.59. The summed E-state index contributed by atoms with van der Waals surface area (Å²) >= 11 is 2.36. The van der Waals surface area contributed by atoms with Crippen molar-refractivity contribution >= 4 is 45.7 Å². The molecular formula is C35H26FN3O6S2. The second-order valence-corrected chi connectivity index (χ2v) is 12.8. The van der Waals surface area contributed by atoms with Crippen LogP contribution >= 0.6 is 23.1 Å². The summed E-state index contributed by atoms with van der Waals surface area (Å²) < 4.78 is 32.1. The maximum Gasteiger partial charge on any atom is 0.301 e. The van der Waals surface area contributed by atoms with Gasteiger partial charge in [0.25, 0.3) is 5.78 Å². The Kier molecular flexibility index (Phi) is 8.60. The topological polar surface area (TPSA) is 111 Å². The van der Waals surface area contributed by atoms with Crippen LogP contribution in [0.2, 0.25) is 0 Å². The number of rotatable bonds is 9. The Bertz CT molecular complexity index is 2000. The maximum absolute atomic E-state index is 14.2. The molecule has 12 heteroatoms. The number of benzene rings is 4. The smallest absolute Gasteiger partial charge is 0.301 e. The number of Topliss-reactive ketones (excluding diaryl/α,β-unsaturated/α-hetero) is 1. The minimum atomic E-state index is -1.05. The largest absolute Gasteiger partial charge is 0.507 e. The molecule has 1 saturated heterocycles. The summed E-state index contributed by atoms with van der Waals surface area (Å²) in [6.07, 6.45) is 0. The van der Waals surface area contributed by atoms with Gasteiger partial charge in [0.05, 0.1) is 11.6 Å². The number of aliphatic hydroxyl groups excluding tert-OH is 1. The highest BCUT2D eigenvalue weighted by Crippen LogP contribution is 2.45. The second-order valence-electron chi connectivity index (χ2n) is 10.6. The molecule has 0 spiro atoms. The van der Waals surface area contributed by atoms with E-state index in [1.54, 1.807) is 60.7 Å². The first-order valence-electron chi connectivity index (χ1n) is 14.6. The van der Waals surface area contributed by atoms with E-state index in [0.717, 1.165) is 16.9 Å². The second kappa shape index (κ2) is 13.3. The van der Waals surface area contributed by atoms with Crippen molar-refractivity contribution in [2.24, 2.45) is 0 Å². The van der Waals surface area contributed by atoms with E-state index in [1.807, 2.05) is 30.3 Å². The molecule has 1 N–H and O–H groups in total. The van der Waals surface area contributed by atoms with Crippen LogP contribution in [0.5, 0.6) is 17.2 Å². The molecule has 5 aromatic rings. The van der Waals surface area contributed by atoms with Gasteiger partial charge in [0.1, 0.15) is 37.1 Å². The number of ether oxygens (including phenoxy) is 3. The minimum absolute atomic E-state index is 0.123. The molecule has 0 aliphatic carbocycles. The number of ketones is 1. The lowest BCUT2D eigenvalue weighted by Gasteiger charge is -2.23. The Balaban J connectivity index is 1.26. The zero-order chi connectivity index (χ0) is 32.3. The zero-order valence-corrected chi connectivity index (χ0v) is 26.3. The van der Waals surface area contributed by atoms with Crippen molar-refractivity contribution in [3.63, 3.8) is 0 Å². The monoisotopic (exact) mass is 667 g/mol. The quantitative estimate of drug-likeness (QED) is 0.0587. The van der Waals surface area contributed by atoms with Crippen LogP contribution in [0.4, 0.5) is 9.52 Å². The molecular weight excluding hydrogens is 642 g/mol. The number of aromatic nitrogens is 2. The number of anilines is 1. The maximum atomic E-state index is 14.2. The van der Waals surface area contributed by atoms with E-state index in [-0.39, 0.29) is 27.8 Å². The summed E-state index contributed by atoms with van der Waals surface area (Å²) in [6, 6.07) is 26.9. The van der Waals surface area contributed by atoms with Gasteiger partial charge in [0, 0.05) is 11.3 Å². The molecule has 0 radical (unpaired) electrons. The van der Waals surface area contributed by atoms with Gasteiger partial charge >= 0.3 is 5.91 Å². The molecule has 0 unspecified atom stereocenters. The lowest BCUT2D eigenvalue weighted by atomic mass is 9.95. The van der Waals surface area contributed by atoms with E-state index in [9.17, 15) is 19.1 Å². The summed E-state index contributed by atoms with van der Waals surface area (Å²) in [7, 11) is 0. The van der Waals surface area contributed by atoms with E-state index in [1.165, 1.54) is 22.7 Å². The Labute approximate surface area is 277 Å². The standard InChI is InChI=1S/C35H26FN3O6S2/c36-26-12-5-4-9-24(26)20-46-35-38-37-34(47-35)39-30(22-10-6-11-25(17-22)45-19-21-7-2-1-3-8-21)29(32(41)33(39)42)31(40)23-13-14-27-28(18-23)44-16-15-43-27/h1-14,17-18,30,40H,15-16,19-20H2/t30-/m0/s1. The van der Waals surface area contributed by atoms with Gasteiger partial charge in [-0.3, -0.25) is 14.5 Å². The Morgan fingerprint density at radius 1 is 0.936 bits per heavy atom. The summed E-state index contributed by atoms with van der Waals surface area (Å²) in [5.74, 6) is -0.708. The van der Waals surface area contributed by atoms with Crippen molar-refractivity contribution in [2.75, 3.05) is 18.1 Å². The molecule has 3 heterocycles. The van der Waals surface area contributed by atoms with Crippen molar-refractivity contribution in [3.8, 4) is 17.2 Å². The lowest BCUT2D eigenvalue weighted by molar-refractivity contribution is -0.132. The van der Waals surface area contributed by atoms with Crippen molar-refractivity contribution in [1.29, 1.82) is 0 Å². The molecule has 4 aromatic carbocycles. The Morgan fingerprint density at radius 3 is 2.55 bits per heavy atom. The van der Waals surface area contributed by atoms with Gasteiger partial charge in [-0.1, -0.05) is 83.8 Å². The highest BCUT2D eigenvalue weighted by Gasteiger charge is 2.48. The minimum Gasteiger partial charge on any atom is -0.507 e. The normalized spacial score (nSPS) is 16.8. The highest BCUT2D eigenvalue weighted by molar-refractivity contribution is 8.00. The van der Waals surface area contributed by atoms with Crippen LogP contribution in [0.1, 0.15) is 28.3 Å². The third kappa shape index (κ3) is 6.29. The van der Waals surface area contributed by atoms with E-state index >= 15 is 0 Å². The first kappa shape index (κ1) is 30.5. The van der Waals surface area contributed by atoms with Gasteiger partial charge in [0.2, 0.25) is 5.13 Å². The molecule has 2 aliphatic heterocycles. The highest BCUT2D eigenvalue weighted by atomic mass is 32.2. The summed E-state index contributed by atoms with van der Waals surface area (Å²) in [4.78, 5) is 28.7. The van der Waals surface area contributed by atoms with Crippen molar-refractivity contribution < 1.29 is 33.3 Å². The molecule has 9 nitrogen and oxygen atoms in total. The van der Waals surface area contributed by atoms with Crippen molar-refractivity contribution in [1.82, 2.24) is 10.2 Å². The van der Waals surface area contributed by atoms with Gasteiger partial charge in [-0.15, -0.1) is 10.2 Å². The molecule has 1 atom stereocenters. The summed E-state index contributed by atoms with van der Waals surface area (Å²) in [6.45, 7) is 1.04. The molecule has 1 fully saturated rings. The van der Waals surface area contributed by atoms with Crippen LogP contribution in [0.15, 0.2) is 107 Å². The molecule has 236 valence electrons. The van der Waals surface area contributed by atoms with E-state index in [2.05, 4.69) is 10.2 Å². The molecule has 1 aromatic heterocycles. The van der Waals surface area contributed by atoms with Crippen LogP contribution in [0.3, 0.4) is 0 Å². The number of aliphatic hydroxyl groups is 1. The third-order valence-corrected chi connectivity index (χ3v) is 9.70. The van der Waals surface area contributed by atoms with Gasteiger partial charge in [-0.05, 0) is 53.1 Å². The molecule has 2 aliphatic rings. The van der Waals surface area contributed by atoms with Gasteiger partial charge < -0.3 is 19.3 Å². The molecule has 7 rings (SSSR count). The van der Waals surface area contributed by atoms with Crippen LogP contribution in [-0.4, -0.2) is 40.2 Å². The number of hydrogen-bond acceptors (Lipinski definition) is 10. The zero-order valence-electron chi connectivity index (χ0n) is 24.7. The van der Waals surface area contributed by atoms with Gasteiger partial charge in [0.15, 0.2) is 15.8 Å². The first-order valence-corrected chi connectivity index (χ1v) is 16.4. The fraction of sp³-hybridized carbons (Fsp3) is 0.143. The number of halogens is 1. The van der Waals surface area contributed by atoms with E-state index < -0.39 is 17.7 Å². The average Bonchev–Trinajstić information content (AvgIpc) is 3.68. The van der Waals surface area contributed by atoms with Crippen molar-refractivity contribution in [3.05, 3.63) is 131 Å². The molecule has 0 bridgehead atoms. The number of nitrogens with zero attached hydrogens (tertiary/aromatic N) is 3. The Morgan fingerprint density at radius 2 is 1.72 bits per heavy atom. The SMILES string of the molecule is O=C1C(=O)N(c2nnc(SCc3ccccc3F)s2)[C@@H](c2cccc(OCc3ccccc3)c2)C1=C(O)c1ccc2c(c1)OCCO2. The van der Waals surface area contributed by atoms with Crippen LogP contribution in [0, 0.1) is 5.82 Å². The van der Waals surface area contributed by atoms with Crippen LogP contribution < -0.4 is 19.1 Å².